The highest BCUT2D eigenvalue weighted by molar-refractivity contribution is 5.81. The maximum absolute atomic E-state index is 12.6. The number of ether oxygens (including phenoxy) is 2. The molecule has 1 aliphatic carbocycles. The maximum atomic E-state index is 12.6. The molecule has 1 aliphatic rings. The Kier molecular flexibility index (Phi) is 9.79. The first-order valence-electron chi connectivity index (χ1n) is 10.6. The van der Waals surface area contributed by atoms with Crippen molar-refractivity contribution < 1.29 is 14.3 Å². The van der Waals surface area contributed by atoms with Crippen LogP contribution in [0.25, 0.3) is 0 Å². The van der Waals surface area contributed by atoms with Crippen LogP contribution in [0, 0.1) is 5.92 Å². The summed E-state index contributed by atoms with van der Waals surface area (Å²) in [7, 11) is 7.52. The van der Waals surface area contributed by atoms with E-state index < -0.39 is 0 Å². The van der Waals surface area contributed by atoms with E-state index in [1.807, 2.05) is 6.07 Å². The largest absolute Gasteiger partial charge is 0.493 e. The van der Waals surface area contributed by atoms with Crippen molar-refractivity contribution in [3.05, 3.63) is 23.8 Å². The van der Waals surface area contributed by atoms with E-state index in [1.54, 1.807) is 14.2 Å². The van der Waals surface area contributed by atoms with Gasteiger partial charge in [0.15, 0.2) is 11.5 Å². The normalized spacial score (nSPS) is 15.2. The number of likely N-dealkylation sites (N-methyl/N-ethyl adjacent to an activating group) is 1. The van der Waals surface area contributed by atoms with Gasteiger partial charge in [0.1, 0.15) is 5.78 Å². The molecule has 1 aromatic carbocycles. The summed E-state index contributed by atoms with van der Waals surface area (Å²) in [6.07, 6.45) is 7.56. The summed E-state index contributed by atoms with van der Waals surface area (Å²) in [5, 5.41) is 0. The number of Topliss-reactive ketones (excluding diaryl/α,β-unsaturated/α-hetero) is 1. The van der Waals surface area contributed by atoms with Crippen LogP contribution in [-0.4, -0.2) is 70.1 Å². The van der Waals surface area contributed by atoms with Gasteiger partial charge in [-0.2, -0.15) is 0 Å². The van der Waals surface area contributed by atoms with E-state index >= 15 is 0 Å². The van der Waals surface area contributed by atoms with Gasteiger partial charge in [-0.3, -0.25) is 4.79 Å². The average Bonchev–Trinajstić information content (AvgIpc) is 2.73. The van der Waals surface area contributed by atoms with E-state index in [2.05, 4.69) is 36.0 Å². The number of carbonyl (C=O) groups excluding carboxylic acids is 1. The lowest BCUT2D eigenvalue weighted by atomic mass is 9.85. The Morgan fingerprint density at radius 3 is 2.32 bits per heavy atom. The summed E-state index contributed by atoms with van der Waals surface area (Å²) < 4.78 is 10.7. The number of benzene rings is 1. The average molecular weight is 391 g/mol. The summed E-state index contributed by atoms with van der Waals surface area (Å²) in [5.41, 5.74) is 1.23. The van der Waals surface area contributed by atoms with Crippen molar-refractivity contribution in [1.29, 1.82) is 0 Å². The van der Waals surface area contributed by atoms with Crippen molar-refractivity contribution in [1.82, 2.24) is 9.80 Å². The zero-order valence-electron chi connectivity index (χ0n) is 18.2. The number of hydrogen-bond donors (Lipinski definition) is 0. The first-order valence-corrected chi connectivity index (χ1v) is 10.6. The molecule has 0 aromatic heterocycles. The molecule has 1 fully saturated rings. The fraction of sp³-hybridized carbons (Fsp3) is 0.696. The lowest BCUT2D eigenvalue weighted by Crippen LogP contribution is -2.35. The first-order chi connectivity index (χ1) is 13.5. The fourth-order valence-corrected chi connectivity index (χ4v) is 3.90. The molecule has 0 aliphatic heterocycles. The molecule has 2 rings (SSSR count). The number of ketones is 1. The summed E-state index contributed by atoms with van der Waals surface area (Å²) in [4.78, 5) is 17.2. The molecule has 0 spiro atoms. The van der Waals surface area contributed by atoms with Gasteiger partial charge in [0.25, 0.3) is 0 Å². The number of methoxy groups -OCH3 is 2. The van der Waals surface area contributed by atoms with Crippen LogP contribution < -0.4 is 9.47 Å². The smallest absolute Gasteiger partial charge is 0.160 e. The van der Waals surface area contributed by atoms with Crippen LogP contribution in [0.5, 0.6) is 11.5 Å². The minimum absolute atomic E-state index is 0.315. The number of hydrogen-bond acceptors (Lipinski definition) is 5. The van der Waals surface area contributed by atoms with Gasteiger partial charge in [0.05, 0.1) is 14.2 Å². The van der Waals surface area contributed by atoms with E-state index in [0.29, 0.717) is 18.1 Å². The molecule has 0 radical (unpaired) electrons. The van der Waals surface area contributed by atoms with Crippen molar-refractivity contribution in [3.63, 3.8) is 0 Å². The van der Waals surface area contributed by atoms with E-state index in [4.69, 9.17) is 9.47 Å². The van der Waals surface area contributed by atoms with Crippen LogP contribution in [0.15, 0.2) is 18.2 Å². The van der Waals surface area contributed by atoms with Gasteiger partial charge in [-0.1, -0.05) is 25.3 Å². The van der Waals surface area contributed by atoms with Crippen LogP contribution in [0.1, 0.15) is 44.1 Å². The van der Waals surface area contributed by atoms with Crippen LogP contribution in [0.4, 0.5) is 0 Å². The van der Waals surface area contributed by atoms with Gasteiger partial charge in [-0.25, -0.2) is 0 Å². The topological polar surface area (TPSA) is 42.0 Å². The number of nitrogens with zero attached hydrogens (tertiary/aromatic N) is 2. The molecule has 0 unspecified atom stereocenters. The Bertz CT molecular complexity index is 598. The van der Waals surface area contributed by atoms with Crippen LogP contribution in [0.2, 0.25) is 0 Å². The predicted octanol–water partition coefficient (Wildman–Crippen LogP) is 3.65. The van der Waals surface area contributed by atoms with Crippen molar-refractivity contribution >= 4 is 5.78 Å². The Labute approximate surface area is 171 Å². The zero-order valence-corrected chi connectivity index (χ0v) is 18.2. The Morgan fingerprint density at radius 2 is 1.68 bits per heavy atom. The highest BCUT2D eigenvalue weighted by Gasteiger charge is 2.21. The van der Waals surface area contributed by atoms with E-state index in [-0.39, 0.29) is 0 Å². The molecule has 0 atom stereocenters. The lowest BCUT2D eigenvalue weighted by molar-refractivity contribution is -0.124. The van der Waals surface area contributed by atoms with Gasteiger partial charge in [0, 0.05) is 38.5 Å². The van der Waals surface area contributed by atoms with Gasteiger partial charge in [-0.15, -0.1) is 0 Å². The Hall–Kier alpha value is -1.59. The van der Waals surface area contributed by atoms with E-state index in [0.717, 1.165) is 56.9 Å². The second-order valence-electron chi connectivity index (χ2n) is 8.14. The molecule has 1 aromatic rings. The van der Waals surface area contributed by atoms with E-state index in [1.165, 1.54) is 24.8 Å². The minimum Gasteiger partial charge on any atom is -0.493 e. The third-order valence-corrected chi connectivity index (χ3v) is 5.76. The van der Waals surface area contributed by atoms with Crippen LogP contribution in [-0.2, 0) is 11.2 Å². The minimum atomic E-state index is 0.315. The van der Waals surface area contributed by atoms with Crippen molar-refractivity contribution in [2.24, 2.45) is 5.92 Å². The third-order valence-electron chi connectivity index (χ3n) is 5.76. The Balaban J connectivity index is 1.89. The molecule has 1 saturated carbocycles. The molecule has 0 N–H and O–H groups in total. The maximum Gasteiger partial charge on any atom is 0.160 e. The fourth-order valence-electron chi connectivity index (χ4n) is 3.90. The first kappa shape index (κ1) is 22.7. The molecule has 0 bridgehead atoms. The lowest BCUT2D eigenvalue weighted by Gasteiger charge is -2.26. The molecule has 0 heterocycles. The second kappa shape index (κ2) is 12.1. The van der Waals surface area contributed by atoms with E-state index in [9.17, 15) is 4.79 Å². The second-order valence-corrected chi connectivity index (χ2v) is 8.14. The molecule has 5 nitrogen and oxygen atoms in total. The van der Waals surface area contributed by atoms with Gasteiger partial charge >= 0.3 is 0 Å². The predicted molar refractivity (Wildman–Crippen MR) is 114 cm³/mol. The van der Waals surface area contributed by atoms with Crippen LogP contribution in [0.3, 0.4) is 0 Å². The monoisotopic (exact) mass is 390 g/mol. The highest BCUT2D eigenvalue weighted by Crippen LogP contribution is 2.28. The third kappa shape index (κ3) is 7.44. The number of carbonyl (C=O) groups is 1. The summed E-state index contributed by atoms with van der Waals surface area (Å²) in [5.74, 6) is 2.32. The molecule has 0 amide bonds. The molecule has 5 heteroatoms. The summed E-state index contributed by atoms with van der Waals surface area (Å²) in [6.45, 7) is 3.79. The van der Waals surface area contributed by atoms with Crippen molar-refractivity contribution in [2.45, 2.75) is 44.9 Å². The van der Waals surface area contributed by atoms with Crippen LogP contribution >= 0.6 is 0 Å². The van der Waals surface area contributed by atoms with Crippen molar-refractivity contribution in [3.8, 4) is 11.5 Å². The van der Waals surface area contributed by atoms with Crippen molar-refractivity contribution in [2.75, 3.05) is 54.5 Å². The highest BCUT2D eigenvalue weighted by atomic mass is 16.5. The zero-order chi connectivity index (χ0) is 20.4. The SMILES string of the molecule is COc1ccc(CCN(CCC(=O)C2CCCCC2)CCN(C)C)cc1OC. The van der Waals surface area contributed by atoms with Gasteiger partial charge in [0.2, 0.25) is 0 Å². The number of rotatable bonds is 12. The van der Waals surface area contributed by atoms with Gasteiger partial charge < -0.3 is 19.3 Å². The quantitative estimate of drug-likeness (QED) is 0.545. The molecular formula is C23H38N2O3. The van der Waals surface area contributed by atoms with Gasteiger partial charge in [-0.05, 0) is 51.1 Å². The molecule has 158 valence electrons. The summed E-state index contributed by atoms with van der Waals surface area (Å²) in [6, 6.07) is 6.11. The molecule has 0 saturated heterocycles. The standard InChI is InChI=1S/C23H38N2O3/c1-24(2)16-17-25(15-13-21(26)20-8-6-5-7-9-20)14-12-19-10-11-22(27-3)23(18-19)28-4/h10-11,18,20H,5-9,12-17H2,1-4H3. The summed E-state index contributed by atoms with van der Waals surface area (Å²) >= 11 is 0. The molecular weight excluding hydrogens is 352 g/mol. The molecule has 28 heavy (non-hydrogen) atoms. The Morgan fingerprint density at radius 1 is 0.964 bits per heavy atom.